The van der Waals surface area contributed by atoms with Crippen LogP contribution < -0.4 is 45.9 Å². The van der Waals surface area contributed by atoms with Gasteiger partial charge in [0.1, 0.15) is 55.2 Å². The summed E-state index contributed by atoms with van der Waals surface area (Å²) in [5.41, 5.74) is 44.2. The number of ether oxygens (including phenoxy) is 3. The van der Waals surface area contributed by atoms with E-state index in [9.17, 15) is 38.4 Å². The molecule has 2 aromatic carbocycles. The summed E-state index contributed by atoms with van der Waals surface area (Å²) >= 11 is 0. The number of benzene rings is 2. The number of carboxylic acids is 3. The van der Waals surface area contributed by atoms with Crippen LogP contribution in [0.5, 0.6) is 5.75 Å². The number of primary amides is 1. The second-order valence-electron chi connectivity index (χ2n) is 12.4. The molecule has 25 heteroatoms. The van der Waals surface area contributed by atoms with E-state index in [2.05, 4.69) is 25.2 Å². The van der Waals surface area contributed by atoms with Crippen LogP contribution in [-0.4, -0.2) is 134 Å². The minimum absolute atomic E-state index is 0.0914. The predicted octanol–water partition coefficient (Wildman–Crippen LogP) is -4.69. The number of H-pyrrole nitrogens is 1. The lowest BCUT2D eigenvalue weighted by Gasteiger charge is -2.15. The van der Waals surface area contributed by atoms with Crippen LogP contribution in [0.3, 0.4) is 0 Å². The smallest absolute Gasteiger partial charge is 0.334 e. The third-order valence-electron chi connectivity index (χ3n) is 7.13. The van der Waals surface area contributed by atoms with Crippen molar-refractivity contribution < 1.29 is 73.0 Å². The van der Waals surface area contributed by atoms with Crippen LogP contribution in [0.1, 0.15) is 23.2 Å². The van der Waals surface area contributed by atoms with E-state index >= 15 is 0 Å². The third-order valence-corrected chi connectivity index (χ3v) is 7.13. The summed E-state index contributed by atoms with van der Waals surface area (Å²) in [6, 6.07) is 8.75. The highest BCUT2D eigenvalue weighted by Gasteiger charge is 2.26. The lowest BCUT2D eigenvalue weighted by Crippen LogP contribution is -2.44. The summed E-state index contributed by atoms with van der Waals surface area (Å²) in [5, 5.41) is 33.4. The zero-order valence-electron chi connectivity index (χ0n) is 32.6. The number of carboxylic acid groups (broad SMARTS) is 3. The van der Waals surface area contributed by atoms with Crippen LogP contribution in [0.25, 0.3) is 0 Å². The topological polar surface area (TPSA) is 482 Å². The predicted molar refractivity (Wildman–Crippen MR) is 211 cm³/mol. The van der Waals surface area contributed by atoms with Gasteiger partial charge in [-0.1, -0.05) is 42.5 Å². The van der Waals surface area contributed by atoms with E-state index in [4.69, 9.17) is 65.3 Å². The molecule has 0 radical (unpaired) electrons. The minimum atomic E-state index is -1.34. The van der Waals surface area contributed by atoms with Gasteiger partial charge in [-0.2, -0.15) is 0 Å². The van der Waals surface area contributed by atoms with E-state index < -0.39 is 97.2 Å². The molecule has 0 unspecified atom stereocenters. The van der Waals surface area contributed by atoms with Gasteiger partial charge in [0.25, 0.3) is 0 Å². The Bertz CT molecular complexity index is 1830. The second kappa shape index (κ2) is 29.4. The van der Waals surface area contributed by atoms with Crippen molar-refractivity contribution in [3.8, 4) is 5.75 Å². The monoisotopic (exact) mass is 864 g/mol. The molecule has 1 amide bonds. The number of esters is 4. The number of aliphatic carboxylic acids is 3. The molecule has 336 valence electrons. The van der Waals surface area contributed by atoms with Gasteiger partial charge in [0.15, 0.2) is 0 Å². The Balaban J connectivity index is 0.000000915. The molecule has 0 saturated carbocycles. The quantitative estimate of drug-likeness (QED) is 0.0306. The maximum atomic E-state index is 11.9. The van der Waals surface area contributed by atoms with Gasteiger partial charge >= 0.3 is 41.8 Å². The lowest BCUT2D eigenvalue weighted by molar-refractivity contribution is -0.163. The van der Waals surface area contributed by atoms with Gasteiger partial charge in [-0.15, -0.1) is 0 Å². The Labute approximate surface area is 347 Å². The first-order valence-corrected chi connectivity index (χ1v) is 17.6. The first-order chi connectivity index (χ1) is 28.6. The summed E-state index contributed by atoms with van der Waals surface area (Å²) in [4.78, 5) is 93.5. The molecule has 21 N–H and O–H groups in total. The molecule has 3 aromatic rings. The number of rotatable bonds is 19. The van der Waals surface area contributed by atoms with Gasteiger partial charge in [-0.25, -0.2) is 14.6 Å². The number of carbonyl (C=O) groups excluding carboxylic acids is 5. The van der Waals surface area contributed by atoms with Crippen molar-refractivity contribution >= 4 is 47.7 Å². The summed E-state index contributed by atoms with van der Waals surface area (Å²) < 4.78 is 14.0. The molecule has 1 aromatic heterocycles. The normalized spacial score (nSPS) is 13.1. The molecule has 0 aliphatic heterocycles. The fourth-order valence-electron chi connectivity index (χ4n) is 3.88. The highest BCUT2D eigenvalue weighted by Crippen LogP contribution is 2.11. The molecule has 25 nitrogen and oxygen atoms in total. The second-order valence-corrected chi connectivity index (χ2v) is 12.4. The first-order valence-electron chi connectivity index (χ1n) is 17.6. The average molecular weight is 865 g/mol. The van der Waals surface area contributed by atoms with Crippen molar-refractivity contribution in [1.29, 1.82) is 0 Å². The minimum Gasteiger partial charge on any atom is -0.508 e. The van der Waals surface area contributed by atoms with Gasteiger partial charge in [0, 0.05) is 12.6 Å². The molecule has 0 saturated heterocycles. The van der Waals surface area contributed by atoms with Crippen molar-refractivity contribution in [3.05, 3.63) is 83.9 Å². The van der Waals surface area contributed by atoms with Crippen LogP contribution in [0.2, 0.25) is 0 Å². The number of hydrogen-bond donors (Lipinski definition) is 13. The van der Waals surface area contributed by atoms with Gasteiger partial charge in [0.2, 0.25) is 5.91 Å². The number of imidazole rings is 1. The molecule has 0 spiro atoms. The van der Waals surface area contributed by atoms with E-state index in [-0.39, 0.29) is 38.0 Å². The van der Waals surface area contributed by atoms with Crippen molar-refractivity contribution in [2.24, 2.45) is 45.9 Å². The van der Waals surface area contributed by atoms with Gasteiger partial charge in [0.05, 0.1) is 25.0 Å². The Morgan fingerprint density at radius 2 is 1.07 bits per heavy atom. The van der Waals surface area contributed by atoms with Crippen LogP contribution in [0, 0.1) is 0 Å². The van der Waals surface area contributed by atoms with Crippen LogP contribution in [0.4, 0.5) is 0 Å². The molecule has 61 heavy (non-hydrogen) atoms. The Hall–Kier alpha value is -6.87. The van der Waals surface area contributed by atoms with Crippen molar-refractivity contribution in [3.63, 3.8) is 0 Å². The largest absolute Gasteiger partial charge is 0.508 e. The molecular weight excluding hydrogens is 812 g/mol. The van der Waals surface area contributed by atoms with Crippen molar-refractivity contribution in [2.45, 2.75) is 61.9 Å². The number of aromatic amines is 1. The molecule has 0 aliphatic rings. The number of hydrogen-bond acceptors (Lipinski definition) is 20. The van der Waals surface area contributed by atoms with Crippen LogP contribution >= 0.6 is 0 Å². The number of carbonyl (C=O) groups is 8. The molecular formula is C36H52N10O15. The molecule has 6 atom stereocenters. The maximum absolute atomic E-state index is 11.9. The summed E-state index contributed by atoms with van der Waals surface area (Å²) in [7, 11) is 0. The number of phenols is 1. The zero-order chi connectivity index (χ0) is 46.7. The average Bonchev–Trinajstić information content (AvgIpc) is 3.73. The van der Waals surface area contributed by atoms with E-state index in [1.165, 1.54) is 18.5 Å². The first kappa shape index (κ1) is 54.1. The molecule has 0 fully saturated rings. The van der Waals surface area contributed by atoms with E-state index in [1.54, 1.807) is 18.3 Å². The highest BCUT2D eigenvalue weighted by molar-refractivity contribution is 5.91. The van der Waals surface area contributed by atoms with Gasteiger partial charge in [-0.3, -0.25) is 28.8 Å². The van der Waals surface area contributed by atoms with Gasteiger partial charge in [-0.05, 0) is 36.1 Å². The number of aromatic hydroxyl groups is 1. The van der Waals surface area contributed by atoms with Gasteiger partial charge < -0.3 is 85.5 Å². The summed E-state index contributed by atoms with van der Waals surface area (Å²) in [6.45, 7) is -1.25. The highest BCUT2D eigenvalue weighted by atomic mass is 16.6. The lowest BCUT2D eigenvalue weighted by atomic mass is 10.1. The molecule has 0 aliphatic carbocycles. The Kier molecular flexibility index (Phi) is 26.1. The van der Waals surface area contributed by atoms with Crippen molar-refractivity contribution in [1.82, 2.24) is 9.97 Å². The SMILES string of the molecule is NC(=O)C[C@H](N)C(=O)OC[C@H](N)C(=O)O.NCC(=O)O.N[C@@H](Cc1ccc(O)cc1)C(=O)O.N[C@@H](Cc1ccccc1)C(=O)OC[C@H](N)C(=O)OC(=O)[C@@H](N)Cc1c[nH]cn1. The zero-order valence-corrected chi connectivity index (χ0v) is 32.6. The number of phenolic OH excluding ortho intramolecular Hbond substituents is 1. The fourth-order valence-corrected chi connectivity index (χ4v) is 3.88. The Morgan fingerprint density at radius 3 is 1.54 bits per heavy atom. The van der Waals surface area contributed by atoms with Crippen LogP contribution in [-0.2, 0) is 71.8 Å². The van der Waals surface area contributed by atoms with Crippen LogP contribution in [0.15, 0.2) is 67.1 Å². The molecule has 0 bridgehead atoms. The number of aromatic nitrogens is 2. The number of nitrogens with one attached hydrogen (secondary N) is 1. The summed E-state index contributed by atoms with van der Waals surface area (Å²) in [6.07, 6.45) is 3.29. The standard InChI is InChI=1S/C18H23N5O5.C9H11NO3.C7H13N3O5.C2H5NO2/c19-13(6-11-4-2-1-3-5-11)16(24)27-9-15(21)18(26)28-17(25)14(20)7-12-8-22-10-23-12;10-8(9(12)13)5-6-1-3-7(11)4-2-6;8-3(1-5(10)11)7(14)15-2-4(9)6(12)13;3-1-2(4)5/h1-5,8,10,13-15H,6-7,9,19-21H2,(H,22,23);1-4,8,11H,5,10H2,(H,12,13);3-4H,1-2,8-9H2,(H2,10,11)(H,12,13);1,3H2,(H,4,5)/t13-,14-,15-;8-;3-,4-;/m000./s1. The van der Waals surface area contributed by atoms with E-state index in [0.29, 0.717) is 5.69 Å². The molecule has 3 rings (SSSR count). The third kappa shape index (κ3) is 25.3. The maximum Gasteiger partial charge on any atom is 0.334 e. The Morgan fingerprint density at radius 1 is 0.607 bits per heavy atom. The number of nitrogens with two attached hydrogens (primary N) is 8. The van der Waals surface area contributed by atoms with E-state index in [1.807, 2.05) is 30.3 Å². The van der Waals surface area contributed by atoms with E-state index in [0.717, 1.165) is 11.1 Å². The number of nitrogens with zero attached hydrogens (tertiary/aromatic N) is 1. The summed E-state index contributed by atoms with van der Waals surface area (Å²) in [5.74, 6) is -7.50. The molecule has 1 heterocycles. The fraction of sp³-hybridized carbons (Fsp3) is 0.361. The number of amides is 1. The van der Waals surface area contributed by atoms with Crippen molar-refractivity contribution in [2.75, 3.05) is 19.8 Å².